The third kappa shape index (κ3) is 5.50. The van der Waals surface area contributed by atoms with Crippen LogP contribution in [0.15, 0.2) is 48.5 Å². The summed E-state index contributed by atoms with van der Waals surface area (Å²) in [6.45, 7) is 1.65. The molecule has 2 N–H and O–H groups in total. The van der Waals surface area contributed by atoms with Crippen LogP contribution in [0.25, 0.3) is 0 Å². The van der Waals surface area contributed by atoms with Gasteiger partial charge in [0.05, 0.1) is 23.3 Å². The number of hydrogen-bond acceptors (Lipinski definition) is 2. The lowest BCUT2D eigenvalue weighted by Crippen LogP contribution is -2.18. The second kappa shape index (κ2) is 9.29. The minimum atomic E-state index is 0. The van der Waals surface area contributed by atoms with Crippen LogP contribution in [-0.4, -0.2) is 13.2 Å². The number of benzene rings is 2. The first-order chi connectivity index (χ1) is 9.70. The van der Waals surface area contributed by atoms with Crippen molar-refractivity contribution < 1.29 is 4.74 Å². The fourth-order valence-corrected chi connectivity index (χ4v) is 2.29. The van der Waals surface area contributed by atoms with Crippen LogP contribution in [0.4, 0.5) is 0 Å². The maximum absolute atomic E-state index is 5.97. The molecule has 0 aliphatic rings. The van der Waals surface area contributed by atoms with Gasteiger partial charge in [-0.3, -0.25) is 0 Å². The molecule has 0 amide bonds. The number of hydrogen-bond donors (Lipinski definition) is 1. The van der Waals surface area contributed by atoms with Gasteiger partial charge in [-0.05, 0) is 23.3 Å². The molecule has 21 heavy (non-hydrogen) atoms. The van der Waals surface area contributed by atoms with Crippen LogP contribution in [0.3, 0.4) is 0 Å². The molecule has 0 saturated carbocycles. The van der Waals surface area contributed by atoms with Crippen LogP contribution >= 0.6 is 35.6 Å². The molecule has 0 fully saturated rings. The predicted molar refractivity (Wildman–Crippen MR) is 91.6 cm³/mol. The Bertz CT molecular complexity index is 548. The zero-order valence-corrected chi connectivity index (χ0v) is 13.8. The first kappa shape index (κ1) is 18.3. The molecule has 2 rings (SSSR count). The molecule has 0 aromatic heterocycles. The highest BCUT2D eigenvalue weighted by Crippen LogP contribution is 2.23. The standard InChI is InChI=1S/C16H17Cl2NO.ClH/c17-15-7-6-12(8-16(15)18)10-20-11-14(9-19)13-4-2-1-3-5-13;/h1-8,14H,9-11,19H2;1H. The van der Waals surface area contributed by atoms with Gasteiger partial charge in [0, 0.05) is 12.5 Å². The number of halogens is 3. The van der Waals surface area contributed by atoms with E-state index in [1.54, 1.807) is 6.07 Å². The molecule has 0 aliphatic heterocycles. The molecule has 2 aromatic carbocycles. The van der Waals surface area contributed by atoms with Gasteiger partial charge in [0.1, 0.15) is 0 Å². The fraction of sp³-hybridized carbons (Fsp3) is 0.250. The van der Waals surface area contributed by atoms with E-state index >= 15 is 0 Å². The lowest BCUT2D eigenvalue weighted by atomic mass is 10.0. The Balaban J connectivity index is 0.00000220. The van der Waals surface area contributed by atoms with Gasteiger partial charge in [0.2, 0.25) is 0 Å². The van der Waals surface area contributed by atoms with Crippen molar-refractivity contribution in [1.29, 1.82) is 0 Å². The lowest BCUT2D eigenvalue weighted by molar-refractivity contribution is 0.108. The minimum absolute atomic E-state index is 0. The second-order valence-corrected chi connectivity index (χ2v) is 5.42. The minimum Gasteiger partial charge on any atom is -0.376 e. The van der Waals surface area contributed by atoms with Crippen LogP contribution in [0.5, 0.6) is 0 Å². The summed E-state index contributed by atoms with van der Waals surface area (Å²) >= 11 is 11.8. The highest BCUT2D eigenvalue weighted by Gasteiger charge is 2.09. The zero-order chi connectivity index (χ0) is 14.4. The summed E-state index contributed by atoms with van der Waals surface area (Å²) < 4.78 is 5.74. The third-order valence-electron chi connectivity index (χ3n) is 3.13. The smallest absolute Gasteiger partial charge is 0.0717 e. The zero-order valence-electron chi connectivity index (χ0n) is 11.5. The summed E-state index contributed by atoms with van der Waals surface area (Å²) in [5.41, 5.74) is 8.01. The van der Waals surface area contributed by atoms with Gasteiger partial charge in [-0.1, -0.05) is 59.6 Å². The monoisotopic (exact) mass is 345 g/mol. The first-order valence-corrected chi connectivity index (χ1v) is 7.23. The van der Waals surface area contributed by atoms with Crippen LogP contribution in [0, 0.1) is 0 Å². The molecule has 1 unspecified atom stereocenters. The molecule has 0 radical (unpaired) electrons. The Morgan fingerprint density at radius 2 is 1.71 bits per heavy atom. The Hall–Kier alpha value is -0.770. The third-order valence-corrected chi connectivity index (χ3v) is 3.87. The van der Waals surface area contributed by atoms with E-state index in [-0.39, 0.29) is 18.3 Å². The summed E-state index contributed by atoms with van der Waals surface area (Å²) in [4.78, 5) is 0. The molecule has 0 spiro atoms. The van der Waals surface area contributed by atoms with Gasteiger partial charge in [-0.15, -0.1) is 12.4 Å². The normalized spacial score (nSPS) is 11.8. The molecule has 0 heterocycles. The maximum atomic E-state index is 5.97. The van der Waals surface area contributed by atoms with E-state index in [1.807, 2.05) is 30.3 Å². The first-order valence-electron chi connectivity index (χ1n) is 6.47. The lowest BCUT2D eigenvalue weighted by Gasteiger charge is -2.15. The average molecular weight is 347 g/mol. The Labute approximate surface area is 141 Å². The van der Waals surface area contributed by atoms with Crippen molar-refractivity contribution in [1.82, 2.24) is 0 Å². The Morgan fingerprint density at radius 3 is 2.33 bits per heavy atom. The molecular formula is C16H18Cl3NO. The molecule has 0 bridgehead atoms. The molecule has 5 heteroatoms. The predicted octanol–water partition coefficient (Wildman–Crippen LogP) is 4.67. The number of nitrogens with two attached hydrogens (primary N) is 1. The van der Waals surface area contributed by atoms with E-state index in [4.69, 9.17) is 33.7 Å². The van der Waals surface area contributed by atoms with Crippen molar-refractivity contribution in [3.8, 4) is 0 Å². The fourth-order valence-electron chi connectivity index (χ4n) is 1.97. The van der Waals surface area contributed by atoms with Gasteiger partial charge in [0.25, 0.3) is 0 Å². The van der Waals surface area contributed by atoms with Crippen molar-refractivity contribution >= 4 is 35.6 Å². The summed E-state index contributed by atoms with van der Waals surface area (Å²) in [5, 5.41) is 1.10. The molecule has 2 aromatic rings. The van der Waals surface area contributed by atoms with Crippen molar-refractivity contribution in [2.24, 2.45) is 5.73 Å². The molecular weight excluding hydrogens is 329 g/mol. The van der Waals surface area contributed by atoms with E-state index in [9.17, 15) is 0 Å². The van der Waals surface area contributed by atoms with E-state index in [0.717, 1.165) is 5.56 Å². The maximum Gasteiger partial charge on any atom is 0.0717 e. The van der Waals surface area contributed by atoms with Crippen molar-refractivity contribution in [2.75, 3.05) is 13.2 Å². The number of ether oxygens (including phenoxy) is 1. The highest BCUT2D eigenvalue weighted by molar-refractivity contribution is 6.42. The van der Waals surface area contributed by atoms with Crippen molar-refractivity contribution in [2.45, 2.75) is 12.5 Å². The molecule has 0 saturated heterocycles. The van der Waals surface area contributed by atoms with E-state index in [2.05, 4.69) is 12.1 Å². The van der Waals surface area contributed by atoms with Crippen LogP contribution < -0.4 is 5.73 Å². The Kier molecular flexibility index (Phi) is 8.09. The summed E-state index contributed by atoms with van der Waals surface area (Å²) in [5.74, 6) is 0.207. The van der Waals surface area contributed by atoms with Gasteiger partial charge in [-0.25, -0.2) is 0 Å². The summed E-state index contributed by atoms with van der Waals surface area (Å²) in [7, 11) is 0. The number of rotatable bonds is 6. The second-order valence-electron chi connectivity index (χ2n) is 4.61. The van der Waals surface area contributed by atoms with Gasteiger partial charge < -0.3 is 10.5 Å². The van der Waals surface area contributed by atoms with E-state index in [1.165, 1.54) is 5.56 Å². The van der Waals surface area contributed by atoms with Gasteiger partial charge in [-0.2, -0.15) is 0 Å². The van der Waals surface area contributed by atoms with Crippen LogP contribution in [-0.2, 0) is 11.3 Å². The van der Waals surface area contributed by atoms with Crippen LogP contribution in [0.1, 0.15) is 17.0 Å². The molecule has 1 atom stereocenters. The summed E-state index contributed by atoms with van der Waals surface area (Å²) in [6.07, 6.45) is 0. The average Bonchev–Trinajstić information content (AvgIpc) is 2.48. The van der Waals surface area contributed by atoms with Crippen molar-refractivity contribution in [3.05, 3.63) is 69.7 Å². The Morgan fingerprint density at radius 1 is 1.00 bits per heavy atom. The molecule has 0 aliphatic carbocycles. The largest absolute Gasteiger partial charge is 0.376 e. The van der Waals surface area contributed by atoms with Gasteiger partial charge in [0.15, 0.2) is 0 Å². The van der Waals surface area contributed by atoms with E-state index < -0.39 is 0 Å². The molecule has 2 nitrogen and oxygen atoms in total. The van der Waals surface area contributed by atoms with Gasteiger partial charge >= 0.3 is 0 Å². The SMILES string of the molecule is Cl.NCC(COCc1ccc(Cl)c(Cl)c1)c1ccccc1. The quantitative estimate of drug-likeness (QED) is 0.824. The van der Waals surface area contributed by atoms with Crippen molar-refractivity contribution in [3.63, 3.8) is 0 Å². The van der Waals surface area contributed by atoms with Crippen LogP contribution in [0.2, 0.25) is 10.0 Å². The highest BCUT2D eigenvalue weighted by atomic mass is 35.5. The topological polar surface area (TPSA) is 35.2 Å². The summed E-state index contributed by atoms with van der Waals surface area (Å²) in [6, 6.07) is 15.7. The van der Waals surface area contributed by atoms with E-state index in [0.29, 0.717) is 29.8 Å². The molecule has 114 valence electrons.